The lowest BCUT2D eigenvalue weighted by Gasteiger charge is -1.99. The summed E-state index contributed by atoms with van der Waals surface area (Å²) in [6.07, 6.45) is 5.23. The van der Waals surface area contributed by atoms with E-state index in [1.165, 1.54) is 11.8 Å². The Bertz CT molecular complexity index is 427. The second-order valence-corrected chi connectivity index (χ2v) is 3.12. The van der Waals surface area contributed by atoms with Crippen molar-refractivity contribution < 1.29 is 4.74 Å². The third-order valence-electron chi connectivity index (χ3n) is 1.66. The zero-order valence-electron chi connectivity index (χ0n) is 7.26. The maximum atomic E-state index is 5.09. The van der Waals surface area contributed by atoms with Gasteiger partial charge in [-0.05, 0) is 6.26 Å². The molecule has 2 rings (SSSR count). The fourth-order valence-electron chi connectivity index (χ4n) is 1.06. The van der Waals surface area contributed by atoms with Crippen LogP contribution in [0.15, 0.2) is 17.7 Å². The van der Waals surface area contributed by atoms with Crippen molar-refractivity contribution in [1.82, 2.24) is 19.6 Å². The van der Waals surface area contributed by atoms with E-state index in [0.29, 0.717) is 11.4 Å². The standard InChI is InChI=1S/C7H8N4OS/c1-12-5-3-8-4-11-6(5)9-10-7(11)13-2/h3-4H,1-2H3. The smallest absolute Gasteiger partial charge is 0.206 e. The van der Waals surface area contributed by atoms with Gasteiger partial charge >= 0.3 is 0 Å². The highest BCUT2D eigenvalue weighted by molar-refractivity contribution is 7.98. The molecule has 0 N–H and O–H groups in total. The fourth-order valence-corrected chi connectivity index (χ4v) is 1.51. The normalized spacial score (nSPS) is 10.6. The summed E-state index contributed by atoms with van der Waals surface area (Å²) >= 11 is 1.52. The average molecular weight is 196 g/mol. The van der Waals surface area contributed by atoms with E-state index in [1.807, 2.05) is 6.26 Å². The van der Waals surface area contributed by atoms with Crippen molar-refractivity contribution >= 4 is 17.4 Å². The highest BCUT2D eigenvalue weighted by atomic mass is 32.2. The first-order valence-electron chi connectivity index (χ1n) is 3.63. The molecule has 68 valence electrons. The van der Waals surface area contributed by atoms with Crippen LogP contribution in [-0.4, -0.2) is 32.9 Å². The van der Waals surface area contributed by atoms with E-state index >= 15 is 0 Å². The average Bonchev–Trinajstić information content (AvgIpc) is 2.60. The van der Waals surface area contributed by atoms with Crippen LogP contribution in [-0.2, 0) is 0 Å². The molecule has 2 aromatic heterocycles. The highest BCUT2D eigenvalue weighted by Gasteiger charge is 2.08. The second-order valence-electron chi connectivity index (χ2n) is 2.34. The van der Waals surface area contributed by atoms with Crippen LogP contribution in [0.5, 0.6) is 5.75 Å². The number of methoxy groups -OCH3 is 1. The Morgan fingerprint density at radius 2 is 2.31 bits per heavy atom. The van der Waals surface area contributed by atoms with Crippen LogP contribution in [0.3, 0.4) is 0 Å². The molecule has 6 heteroatoms. The van der Waals surface area contributed by atoms with Gasteiger partial charge in [0.15, 0.2) is 10.9 Å². The molecule has 0 aliphatic carbocycles. The number of thioether (sulfide) groups is 1. The summed E-state index contributed by atoms with van der Waals surface area (Å²) in [7, 11) is 1.59. The van der Waals surface area contributed by atoms with Gasteiger partial charge in [-0.2, -0.15) is 0 Å². The third-order valence-corrected chi connectivity index (χ3v) is 2.30. The summed E-state index contributed by atoms with van der Waals surface area (Å²) in [5, 5.41) is 8.77. The third kappa shape index (κ3) is 1.23. The molecule has 0 radical (unpaired) electrons. The fraction of sp³-hybridized carbons (Fsp3) is 0.286. The molecule has 2 aromatic rings. The topological polar surface area (TPSA) is 52.3 Å². The number of fused-ring (bicyclic) bond motifs is 1. The molecule has 0 unspecified atom stereocenters. The summed E-state index contributed by atoms with van der Waals surface area (Å²) in [6.45, 7) is 0. The molecule has 0 aliphatic heterocycles. The van der Waals surface area contributed by atoms with Crippen molar-refractivity contribution in [3.63, 3.8) is 0 Å². The minimum absolute atomic E-state index is 0.635. The van der Waals surface area contributed by atoms with Crippen LogP contribution in [0, 0.1) is 0 Å². The molecular formula is C7H8N4OS. The summed E-state index contributed by atoms with van der Waals surface area (Å²) in [4.78, 5) is 4.01. The maximum absolute atomic E-state index is 5.09. The lowest BCUT2D eigenvalue weighted by molar-refractivity contribution is 0.414. The molecule has 0 spiro atoms. The molecule has 13 heavy (non-hydrogen) atoms. The van der Waals surface area contributed by atoms with Crippen molar-refractivity contribution in [2.75, 3.05) is 13.4 Å². The predicted octanol–water partition coefficient (Wildman–Crippen LogP) is 0.855. The zero-order valence-corrected chi connectivity index (χ0v) is 8.08. The first-order chi connectivity index (χ1) is 6.36. The molecule has 0 saturated heterocycles. The van der Waals surface area contributed by atoms with Gasteiger partial charge in [-0.3, -0.25) is 4.40 Å². The van der Waals surface area contributed by atoms with Crippen molar-refractivity contribution in [3.05, 3.63) is 12.5 Å². The Morgan fingerprint density at radius 3 is 3.00 bits per heavy atom. The number of hydrogen-bond donors (Lipinski definition) is 0. The van der Waals surface area contributed by atoms with Gasteiger partial charge in [-0.25, -0.2) is 4.98 Å². The van der Waals surface area contributed by atoms with Gasteiger partial charge in [0.1, 0.15) is 6.33 Å². The Kier molecular flexibility index (Phi) is 2.05. The Labute approximate surface area is 79.1 Å². The SMILES string of the molecule is COc1cncn2c(SC)nnc12. The monoisotopic (exact) mass is 196 g/mol. The number of hydrogen-bond acceptors (Lipinski definition) is 5. The van der Waals surface area contributed by atoms with E-state index < -0.39 is 0 Å². The maximum Gasteiger partial charge on any atom is 0.206 e. The van der Waals surface area contributed by atoms with Crippen molar-refractivity contribution in [2.24, 2.45) is 0 Å². The van der Waals surface area contributed by atoms with Crippen LogP contribution in [0.25, 0.3) is 5.65 Å². The summed E-state index contributed by atoms with van der Waals surface area (Å²) in [5.74, 6) is 0.635. The van der Waals surface area contributed by atoms with E-state index in [9.17, 15) is 0 Å². The Balaban J connectivity index is 2.72. The van der Waals surface area contributed by atoms with E-state index in [-0.39, 0.29) is 0 Å². The molecule has 0 aliphatic rings. The number of ether oxygens (including phenoxy) is 1. The molecular weight excluding hydrogens is 188 g/mol. The quantitative estimate of drug-likeness (QED) is 0.667. The van der Waals surface area contributed by atoms with Gasteiger partial charge in [0.2, 0.25) is 5.65 Å². The lowest BCUT2D eigenvalue weighted by Crippen LogP contribution is -1.92. The molecule has 0 atom stereocenters. The molecule has 0 saturated carbocycles. The van der Waals surface area contributed by atoms with E-state index in [2.05, 4.69) is 15.2 Å². The van der Waals surface area contributed by atoms with Crippen LogP contribution in [0.2, 0.25) is 0 Å². The number of nitrogens with zero attached hydrogens (tertiary/aromatic N) is 4. The Hall–Kier alpha value is -1.30. The van der Waals surface area contributed by atoms with E-state index in [4.69, 9.17) is 4.74 Å². The van der Waals surface area contributed by atoms with Crippen molar-refractivity contribution in [3.8, 4) is 5.75 Å². The van der Waals surface area contributed by atoms with Crippen LogP contribution in [0.4, 0.5) is 0 Å². The van der Waals surface area contributed by atoms with E-state index in [1.54, 1.807) is 24.0 Å². The predicted molar refractivity (Wildman–Crippen MR) is 49.1 cm³/mol. The van der Waals surface area contributed by atoms with Gasteiger partial charge in [-0.1, -0.05) is 11.8 Å². The van der Waals surface area contributed by atoms with Crippen LogP contribution >= 0.6 is 11.8 Å². The van der Waals surface area contributed by atoms with Gasteiger partial charge in [0.05, 0.1) is 13.3 Å². The molecule has 0 aromatic carbocycles. The molecule has 0 amide bonds. The number of rotatable bonds is 2. The Morgan fingerprint density at radius 1 is 1.46 bits per heavy atom. The van der Waals surface area contributed by atoms with E-state index in [0.717, 1.165) is 5.16 Å². The summed E-state index contributed by atoms with van der Waals surface area (Å²) < 4.78 is 6.89. The highest BCUT2D eigenvalue weighted by Crippen LogP contribution is 2.19. The minimum Gasteiger partial charge on any atom is -0.491 e. The summed E-state index contributed by atoms with van der Waals surface area (Å²) in [6, 6.07) is 0. The first-order valence-corrected chi connectivity index (χ1v) is 4.86. The van der Waals surface area contributed by atoms with Gasteiger partial charge in [0.25, 0.3) is 0 Å². The van der Waals surface area contributed by atoms with Gasteiger partial charge in [0, 0.05) is 0 Å². The van der Waals surface area contributed by atoms with Crippen LogP contribution in [0.1, 0.15) is 0 Å². The molecule has 2 heterocycles. The molecule has 0 fully saturated rings. The van der Waals surface area contributed by atoms with Crippen LogP contribution < -0.4 is 4.74 Å². The first kappa shape index (κ1) is 8.31. The lowest BCUT2D eigenvalue weighted by atomic mass is 10.5. The van der Waals surface area contributed by atoms with Gasteiger partial charge in [-0.15, -0.1) is 10.2 Å². The largest absolute Gasteiger partial charge is 0.491 e. The summed E-state index contributed by atoms with van der Waals surface area (Å²) in [5.41, 5.74) is 0.696. The second kappa shape index (κ2) is 3.21. The van der Waals surface area contributed by atoms with Crippen molar-refractivity contribution in [1.29, 1.82) is 0 Å². The van der Waals surface area contributed by atoms with Crippen molar-refractivity contribution in [2.45, 2.75) is 5.16 Å². The molecule has 5 nitrogen and oxygen atoms in total. The molecule has 0 bridgehead atoms. The minimum atomic E-state index is 0.635. The number of aromatic nitrogens is 4. The van der Waals surface area contributed by atoms with Gasteiger partial charge < -0.3 is 4.74 Å². The zero-order chi connectivity index (χ0) is 9.26.